The second-order valence-corrected chi connectivity index (χ2v) is 5.08. The van der Waals surface area contributed by atoms with Crippen molar-refractivity contribution in [3.05, 3.63) is 35.4 Å². The van der Waals surface area contributed by atoms with Crippen LogP contribution in [0, 0.1) is 0 Å². The quantitative estimate of drug-likeness (QED) is 0.856. The number of methoxy groups -OCH3 is 1. The minimum absolute atomic E-state index is 0.125. The van der Waals surface area contributed by atoms with E-state index in [-0.39, 0.29) is 19.0 Å². The molecule has 2 rings (SSSR count). The number of carbonyl (C=O) groups excluding carboxylic acids is 1. The third-order valence-corrected chi connectivity index (χ3v) is 3.63. The van der Waals surface area contributed by atoms with Gasteiger partial charge < -0.3 is 20.1 Å². The summed E-state index contributed by atoms with van der Waals surface area (Å²) >= 11 is 0. The molecule has 1 atom stereocenters. The van der Waals surface area contributed by atoms with Gasteiger partial charge in [0.15, 0.2) is 0 Å². The van der Waals surface area contributed by atoms with Gasteiger partial charge in [-0.3, -0.25) is 4.79 Å². The molecule has 0 saturated heterocycles. The monoisotopic (exact) mass is 292 g/mol. The lowest BCUT2D eigenvalue weighted by Crippen LogP contribution is -2.45. The number of ether oxygens (including phenoxy) is 1. The molecule has 6 nitrogen and oxygen atoms in total. The van der Waals surface area contributed by atoms with Gasteiger partial charge >= 0.3 is 12.0 Å². The van der Waals surface area contributed by atoms with E-state index in [0.29, 0.717) is 13.1 Å². The number of carboxylic acid groups (broad SMARTS) is 1. The van der Waals surface area contributed by atoms with Crippen molar-refractivity contribution in [1.29, 1.82) is 0 Å². The molecule has 1 aromatic rings. The number of fused-ring (bicyclic) bond motifs is 1. The molecule has 2 amide bonds. The van der Waals surface area contributed by atoms with Crippen molar-refractivity contribution in [2.75, 3.05) is 20.2 Å². The summed E-state index contributed by atoms with van der Waals surface area (Å²) < 4.78 is 5.04. The lowest BCUT2D eigenvalue weighted by molar-refractivity contribution is -0.139. The highest BCUT2D eigenvalue weighted by Gasteiger charge is 2.21. The van der Waals surface area contributed by atoms with Crippen LogP contribution in [0.15, 0.2) is 24.3 Å². The lowest BCUT2D eigenvalue weighted by atomic mass is 10.0. The van der Waals surface area contributed by atoms with Crippen molar-refractivity contribution in [2.24, 2.45) is 0 Å². The van der Waals surface area contributed by atoms with E-state index in [0.717, 1.165) is 12.0 Å². The van der Waals surface area contributed by atoms with Crippen LogP contribution in [-0.4, -0.2) is 48.3 Å². The van der Waals surface area contributed by atoms with Gasteiger partial charge in [0.25, 0.3) is 0 Å². The molecule has 0 spiro atoms. The average molecular weight is 292 g/mol. The van der Waals surface area contributed by atoms with Crippen LogP contribution in [0.25, 0.3) is 0 Å². The molecule has 1 aliphatic heterocycles. The highest BCUT2D eigenvalue weighted by atomic mass is 16.5. The Hall–Kier alpha value is -2.08. The number of aliphatic carboxylic acids is 1. The molecule has 1 unspecified atom stereocenters. The zero-order valence-corrected chi connectivity index (χ0v) is 12.0. The Bertz CT molecular complexity index is 518. The number of rotatable bonds is 5. The number of hydrogen-bond acceptors (Lipinski definition) is 3. The van der Waals surface area contributed by atoms with Gasteiger partial charge in [-0.25, -0.2) is 4.79 Å². The Kier molecular flexibility index (Phi) is 5.16. The van der Waals surface area contributed by atoms with Crippen molar-refractivity contribution < 1.29 is 19.4 Å². The van der Waals surface area contributed by atoms with Crippen LogP contribution in [0.4, 0.5) is 4.79 Å². The summed E-state index contributed by atoms with van der Waals surface area (Å²) in [5.74, 6) is -0.942. The molecule has 0 saturated carbocycles. The van der Waals surface area contributed by atoms with Gasteiger partial charge in [-0.15, -0.1) is 0 Å². The minimum atomic E-state index is -0.942. The molecule has 0 fully saturated rings. The number of nitrogens with one attached hydrogen (secondary N) is 1. The van der Waals surface area contributed by atoms with Crippen LogP contribution in [0.3, 0.4) is 0 Å². The standard InChI is InChI=1S/C15H20N2O4/c1-21-13(8-14(18)19)9-16-15(20)17-7-6-11-4-2-3-5-12(11)10-17/h2-5,13H,6-10H2,1H3,(H,16,20)(H,18,19). The van der Waals surface area contributed by atoms with Crippen LogP contribution >= 0.6 is 0 Å². The number of urea groups is 1. The van der Waals surface area contributed by atoms with E-state index >= 15 is 0 Å². The van der Waals surface area contributed by atoms with Crippen LogP contribution in [0.2, 0.25) is 0 Å². The Morgan fingerprint density at radius 1 is 1.38 bits per heavy atom. The molecule has 6 heteroatoms. The number of hydrogen-bond donors (Lipinski definition) is 2. The molecule has 21 heavy (non-hydrogen) atoms. The van der Waals surface area contributed by atoms with Gasteiger partial charge in [0.2, 0.25) is 0 Å². The molecule has 114 valence electrons. The predicted octanol–water partition coefficient (Wildman–Crippen LogP) is 1.24. The van der Waals surface area contributed by atoms with Crippen molar-refractivity contribution >= 4 is 12.0 Å². The number of carboxylic acids is 1. The molecule has 1 aliphatic rings. The summed E-state index contributed by atoms with van der Waals surface area (Å²) in [6.45, 7) is 1.44. The third-order valence-electron chi connectivity index (χ3n) is 3.63. The second-order valence-electron chi connectivity index (χ2n) is 5.08. The summed E-state index contributed by atoms with van der Waals surface area (Å²) in [5, 5.41) is 11.5. The fraction of sp³-hybridized carbons (Fsp3) is 0.467. The second kappa shape index (κ2) is 7.08. The summed E-state index contributed by atoms with van der Waals surface area (Å²) in [6.07, 6.45) is 0.204. The van der Waals surface area contributed by atoms with Gasteiger partial charge in [0.1, 0.15) is 0 Å². The Morgan fingerprint density at radius 2 is 2.10 bits per heavy atom. The normalized spacial score (nSPS) is 15.2. The summed E-state index contributed by atoms with van der Waals surface area (Å²) in [5.41, 5.74) is 2.44. The van der Waals surface area contributed by atoms with Crippen molar-refractivity contribution in [3.63, 3.8) is 0 Å². The molecule has 0 radical (unpaired) electrons. The number of amides is 2. The Morgan fingerprint density at radius 3 is 2.76 bits per heavy atom. The van der Waals surface area contributed by atoms with E-state index in [4.69, 9.17) is 9.84 Å². The minimum Gasteiger partial charge on any atom is -0.481 e. The summed E-state index contributed by atoms with van der Waals surface area (Å²) in [6, 6.07) is 7.89. The van der Waals surface area contributed by atoms with Crippen LogP contribution in [0.1, 0.15) is 17.5 Å². The lowest BCUT2D eigenvalue weighted by Gasteiger charge is -2.29. The highest BCUT2D eigenvalue weighted by molar-refractivity contribution is 5.74. The maximum Gasteiger partial charge on any atom is 0.317 e. The summed E-state index contributed by atoms with van der Waals surface area (Å²) in [7, 11) is 1.44. The zero-order valence-electron chi connectivity index (χ0n) is 12.0. The average Bonchev–Trinajstić information content (AvgIpc) is 2.50. The number of benzene rings is 1. The predicted molar refractivity (Wildman–Crippen MR) is 77.0 cm³/mol. The van der Waals surface area contributed by atoms with E-state index in [1.807, 2.05) is 18.2 Å². The number of carbonyl (C=O) groups is 2. The molecular weight excluding hydrogens is 272 g/mol. The van der Waals surface area contributed by atoms with Crippen LogP contribution in [0.5, 0.6) is 0 Å². The van der Waals surface area contributed by atoms with E-state index in [2.05, 4.69) is 11.4 Å². The Labute approximate surface area is 123 Å². The topological polar surface area (TPSA) is 78.9 Å². The van der Waals surface area contributed by atoms with E-state index < -0.39 is 12.1 Å². The van der Waals surface area contributed by atoms with E-state index in [9.17, 15) is 9.59 Å². The zero-order chi connectivity index (χ0) is 15.2. The molecule has 0 bridgehead atoms. The fourth-order valence-electron chi connectivity index (χ4n) is 2.42. The molecule has 1 heterocycles. The Balaban J connectivity index is 1.86. The van der Waals surface area contributed by atoms with Crippen LogP contribution < -0.4 is 5.32 Å². The fourth-order valence-corrected chi connectivity index (χ4v) is 2.42. The van der Waals surface area contributed by atoms with Crippen molar-refractivity contribution in [1.82, 2.24) is 10.2 Å². The smallest absolute Gasteiger partial charge is 0.317 e. The molecular formula is C15H20N2O4. The van der Waals surface area contributed by atoms with Gasteiger partial charge in [-0.2, -0.15) is 0 Å². The van der Waals surface area contributed by atoms with Gasteiger partial charge in [-0.05, 0) is 17.5 Å². The maximum atomic E-state index is 12.1. The molecule has 0 aliphatic carbocycles. The first-order valence-electron chi connectivity index (χ1n) is 6.94. The van der Waals surface area contributed by atoms with Gasteiger partial charge in [-0.1, -0.05) is 24.3 Å². The first-order valence-corrected chi connectivity index (χ1v) is 6.94. The first-order chi connectivity index (χ1) is 10.1. The van der Waals surface area contributed by atoms with E-state index in [1.54, 1.807) is 4.90 Å². The first kappa shape index (κ1) is 15.3. The van der Waals surface area contributed by atoms with Gasteiger partial charge in [0.05, 0.1) is 12.5 Å². The summed E-state index contributed by atoms with van der Waals surface area (Å²) in [4.78, 5) is 24.5. The largest absolute Gasteiger partial charge is 0.481 e. The maximum absolute atomic E-state index is 12.1. The van der Waals surface area contributed by atoms with Gasteiger partial charge in [0, 0.05) is 26.7 Å². The third kappa shape index (κ3) is 4.19. The van der Waals surface area contributed by atoms with Crippen LogP contribution in [-0.2, 0) is 22.5 Å². The van der Waals surface area contributed by atoms with Crippen molar-refractivity contribution in [3.8, 4) is 0 Å². The van der Waals surface area contributed by atoms with Crippen molar-refractivity contribution in [2.45, 2.75) is 25.5 Å². The molecule has 2 N–H and O–H groups in total. The molecule has 0 aromatic heterocycles. The molecule has 1 aromatic carbocycles. The highest BCUT2D eigenvalue weighted by Crippen LogP contribution is 2.18. The van der Waals surface area contributed by atoms with E-state index in [1.165, 1.54) is 12.7 Å². The SMILES string of the molecule is COC(CNC(=O)N1CCc2ccccc2C1)CC(=O)O. The number of nitrogens with zero attached hydrogens (tertiary/aromatic N) is 1.